The molecule has 1 aliphatic rings. The number of benzene rings is 2. The van der Waals surface area contributed by atoms with Crippen LogP contribution in [0.4, 0.5) is 5.69 Å². The van der Waals surface area contributed by atoms with E-state index in [9.17, 15) is 4.79 Å². The smallest absolute Gasteiger partial charge is 0.264 e. The first-order valence-corrected chi connectivity index (χ1v) is 7.45. The van der Waals surface area contributed by atoms with Crippen molar-refractivity contribution in [3.05, 3.63) is 88.7 Å². The van der Waals surface area contributed by atoms with Gasteiger partial charge in [-0.2, -0.15) is 0 Å². The Morgan fingerprint density at radius 1 is 0.955 bits per heavy atom. The van der Waals surface area contributed by atoms with E-state index in [1.54, 1.807) is 4.57 Å². The number of halogens is 1. The summed E-state index contributed by atoms with van der Waals surface area (Å²) in [5.41, 5.74) is 3.50. The van der Waals surface area contributed by atoms with Gasteiger partial charge in [-0.1, -0.05) is 35.9 Å². The molecule has 3 aromatic rings. The predicted molar refractivity (Wildman–Crippen MR) is 87.5 cm³/mol. The number of carbonyl (C=O) groups excluding carboxylic acids is 1. The van der Waals surface area contributed by atoms with Crippen molar-refractivity contribution < 1.29 is 4.79 Å². The summed E-state index contributed by atoms with van der Waals surface area (Å²) in [6, 6.07) is 19.0. The molecule has 22 heavy (non-hydrogen) atoms. The normalized spacial score (nSPS) is 16.4. The number of aromatic nitrogens is 1. The molecule has 2 heterocycles. The van der Waals surface area contributed by atoms with Gasteiger partial charge in [0.25, 0.3) is 5.91 Å². The highest BCUT2D eigenvalue weighted by atomic mass is 35.5. The first kappa shape index (κ1) is 13.2. The zero-order chi connectivity index (χ0) is 15.1. The van der Waals surface area contributed by atoms with Crippen LogP contribution in [0.2, 0.25) is 5.02 Å². The molecule has 0 bridgehead atoms. The largest absolute Gasteiger partial charge is 0.372 e. The average Bonchev–Trinajstić information content (AvgIpc) is 2.99. The minimum absolute atomic E-state index is 0.0143. The molecule has 108 valence electrons. The number of anilines is 1. The van der Waals surface area contributed by atoms with Gasteiger partial charge >= 0.3 is 0 Å². The summed E-state index contributed by atoms with van der Waals surface area (Å²) >= 11 is 5.99. The Hall–Kier alpha value is -2.52. The quantitative estimate of drug-likeness (QED) is 0.725. The van der Waals surface area contributed by atoms with Gasteiger partial charge in [0, 0.05) is 16.9 Å². The molecule has 2 aromatic carbocycles. The van der Waals surface area contributed by atoms with Crippen LogP contribution >= 0.6 is 11.6 Å². The van der Waals surface area contributed by atoms with Gasteiger partial charge in [-0.25, -0.2) is 0 Å². The fraction of sp³-hybridized carbons (Fsp3) is 0.0556. The van der Waals surface area contributed by atoms with Crippen LogP contribution in [0.25, 0.3) is 0 Å². The Balaban J connectivity index is 1.91. The molecule has 1 atom stereocenters. The molecule has 0 aliphatic carbocycles. The molecule has 1 N–H and O–H groups in total. The second-order valence-corrected chi connectivity index (χ2v) is 5.72. The SMILES string of the molecule is O=C1c2ccccc2NC(c2ccc(Cl)cc2)c2cccn21. The fourth-order valence-electron chi connectivity index (χ4n) is 2.88. The van der Waals surface area contributed by atoms with Gasteiger partial charge in [0.05, 0.1) is 17.3 Å². The molecule has 0 spiro atoms. The van der Waals surface area contributed by atoms with Crippen molar-refractivity contribution in [1.82, 2.24) is 4.57 Å². The third kappa shape index (κ3) is 2.02. The Labute approximate surface area is 133 Å². The van der Waals surface area contributed by atoms with Gasteiger partial charge in [-0.15, -0.1) is 0 Å². The Morgan fingerprint density at radius 3 is 2.55 bits per heavy atom. The maximum absolute atomic E-state index is 12.7. The van der Waals surface area contributed by atoms with Crippen LogP contribution < -0.4 is 5.32 Å². The summed E-state index contributed by atoms with van der Waals surface area (Å²) in [6.07, 6.45) is 1.81. The number of nitrogens with zero attached hydrogens (tertiary/aromatic N) is 1. The minimum atomic E-state index is -0.0973. The molecule has 0 amide bonds. The maximum atomic E-state index is 12.7. The Kier molecular flexibility index (Phi) is 3.01. The molecule has 4 heteroatoms. The van der Waals surface area contributed by atoms with Crippen LogP contribution in [0, 0.1) is 0 Å². The van der Waals surface area contributed by atoms with Crippen LogP contribution in [-0.4, -0.2) is 10.5 Å². The molecular formula is C18H13ClN2O. The fourth-order valence-corrected chi connectivity index (χ4v) is 3.00. The van der Waals surface area contributed by atoms with Gasteiger partial charge in [0.15, 0.2) is 0 Å². The average molecular weight is 309 g/mol. The second kappa shape index (κ2) is 5.04. The first-order chi connectivity index (χ1) is 10.7. The van der Waals surface area contributed by atoms with Gasteiger partial charge < -0.3 is 5.32 Å². The standard InChI is InChI=1S/C18H13ClN2O/c19-13-9-7-12(8-10-13)17-16-6-3-11-21(16)18(22)14-4-1-2-5-15(14)20-17/h1-11,17,20H. The van der Waals surface area contributed by atoms with Crippen molar-refractivity contribution >= 4 is 23.2 Å². The minimum Gasteiger partial charge on any atom is -0.372 e. The lowest BCUT2D eigenvalue weighted by molar-refractivity contribution is 0.0959. The summed E-state index contributed by atoms with van der Waals surface area (Å²) in [7, 11) is 0. The van der Waals surface area contributed by atoms with E-state index in [0.29, 0.717) is 10.6 Å². The topological polar surface area (TPSA) is 34.0 Å². The van der Waals surface area contributed by atoms with E-state index >= 15 is 0 Å². The van der Waals surface area contributed by atoms with Crippen molar-refractivity contribution in [2.24, 2.45) is 0 Å². The maximum Gasteiger partial charge on any atom is 0.264 e. The molecule has 0 fully saturated rings. The van der Waals surface area contributed by atoms with Crippen LogP contribution in [0.5, 0.6) is 0 Å². The molecule has 0 saturated heterocycles. The van der Waals surface area contributed by atoms with Crippen molar-refractivity contribution in [2.45, 2.75) is 6.04 Å². The first-order valence-electron chi connectivity index (χ1n) is 7.07. The van der Waals surface area contributed by atoms with E-state index in [1.807, 2.05) is 66.9 Å². The predicted octanol–water partition coefficient (Wildman–Crippen LogP) is 4.34. The molecule has 3 nitrogen and oxygen atoms in total. The highest BCUT2D eigenvalue weighted by molar-refractivity contribution is 6.30. The Bertz CT molecular complexity index is 852. The van der Waals surface area contributed by atoms with Gasteiger partial charge in [0.2, 0.25) is 0 Å². The van der Waals surface area contributed by atoms with E-state index in [2.05, 4.69) is 5.32 Å². The summed E-state index contributed by atoms with van der Waals surface area (Å²) in [5.74, 6) is -0.0143. The third-order valence-electron chi connectivity index (χ3n) is 3.96. The number of hydrogen-bond acceptors (Lipinski definition) is 2. The monoisotopic (exact) mass is 308 g/mol. The molecular weight excluding hydrogens is 296 g/mol. The van der Waals surface area contributed by atoms with Crippen molar-refractivity contribution in [3.8, 4) is 0 Å². The lowest BCUT2D eigenvalue weighted by Crippen LogP contribution is -2.15. The van der Waals surface area contributed by atoms with E-state index < -0.39 is 0 Å². The zero-order valence-electron chi connectivity index (χ0n) is 11.7. The number of nitrogens with one attached hydrogen (secondary N) is 1. The summed E-state index contributed by atoms with van der Waals surface area (Å²) in [6.45, 7) is 0. The Morgan fingerprint density at radius 2 is 1.73 bits per heavy atom. The number of hydrogen-bond donors (Lipinski definition) is 1. The van der Waals surface area contributed by atoms with Crippen LogP contribution in [0.1, 0.15) is 27.7 Å². The molecule has 0 saturated carbocycles. The number of para-hydroxylation sites is 1. The van der Waals surface area contributed by atoms with E-state index in [-0.39, 0.29) is 11.9 Å². The highest BCUT2D eigenvalue weighted by Gasteiger charge is 2.26. The van der Waals surface area contributed by atoms with Crippen molar-refractivity contribution in [2.75, 3.05) is 5.32 Å². The summed E-state index contributed by atoms with van der Waals surface area (Å²) < 4.78 is 1.71. The zero-order valence-corrected chi connectivity index (χ0v) is 12.4. The number of fused-ring (bicyclic) bond motifs is 2. The van der Waals surface area contributed by atoms with Crippen molar-refractivity contribution in [1.29, 1.82) is 0 Å². The van der Waals surface area contributed by atoms with Crippen LogP contribution in [0.3, 0.4) is 0 Å². The number of carbonyl (C=O) groups is 1. The van der Waals surface area contributed by atoms with Crippen LogP contribution in [0.15, 0.2) is 66.9 Å². The summed E-state index contributed by atoms with van der Waals surface area (Å²) in [4.78, 5) is 12.7. The lowest BCUT2D eigenvalue weighted by Gasteiger charge is -2.19. The number of rotatable bonds is 1. The third-order valence-corrected chi connectivity index (χ3v) is 4.21. The van der Waals surface area contributed by atoms with Gasteiger partial charge in [-0.05, 0) is 42.0 Å². The molecule has 1 unspecified atom stereocenters. The second-order valence-electron chi connectivity index (χ2n) is 5.28. The lowest BCUT2D eigenvalue weighted by atomic mass is 10.0. The van der Waals surface area contributed by atoms with Crippen molar-refractivity contribution in [3.63, 3.8) is 0 Å². The molecule has 1 aromatic heterocycles. The molecule has 0 radical (unpaired) electrons. The molecule has 1 aliphatic heterocycles. The van der Waals surface area contributed by atoms with E-state index in [1.165, 1.54) is 0 Å². The van der Waals surface area contributed by atoms with Gasteiger partial charge in [-0.3, -0.25) is 9.36 Å². The van der Waals surface area contributed by atoms with Gasteiger partial charge in [0.1, 0.15) is 0 Å². The molecule has 4 rings (SSSR count). The van der Waals surface area contributed by atoms with Crippen LogP contribution in [-0.2, 0) is 0 Å². The van der Waals surface area contributed by atoms with E-state index in [4.69, 9.17) is 11.6 Å². The van der Waals surface area contributed by atoms with E-state index in [0.717, 1.165) is 16.9 Å². The highest BCUT2D eigenvalue weighted by Crippen LogP contribution is 2.33. The summed E-state index contributed by atoms with van der Waals surface area (Å²) in [5, 5.41) is 4.18.